The van der Waals surface area contributed by atoms with Gasteiger partial charge in [0.2, 0.25) is 0 Å². The summed E-state index contributed by atoms with van der Waals surface area (Å²) < 4.78 is 5.81. The zero-order valence-electron chi connectivity index (χ0n) is 11.3. The molecule has 1 aliphatic rings. The molecule has 1 unspecified atom stereocenters. The van der Waals surface area contributed by atoms with Crippen LogP contribution in [0.5, 0.6) is 0 Å². The number of pyridine rings is 1. The summed E-state index contributed by atoms with van der Waals surface area (Å²) in [4.78, 5) is 6.46. The second-order valence-corrected chi connectivity index (χ2v) is 4.83. The molecular formula is C14H20N4O. The highest BCUT2D eigenvalue weighted by Gasteiger charge is 2.22. The number of ether oxygens (including phenoxy) is 1. The third kappa shape index (κ3) is 3.36. The van der Waals surface area contributed by atoms with Crippen molar-refractivity contribution in [3.63, 3.8) is 0 Å². The average molecular weight is 260 g/mol. The van der Waals surface area contributed by atoms with Crippen molar-refractivity contribution in [1.82, 2.24) is 4.98 Å². The lowest BCUT2D eigenvalue weighted by Gasteiger charge is -2.34. The Labute approximate surface area is 114 Å². The molecule has 1 fully saturated rings. The predicted molar refractivity (Wildman–Crippen MR) is 74.8 cm³/mol. The molecule has 0 saturated carbocycles. The number of nitrogens with zero attached hydrogens (tertiary/aromatic N) is 3. The Balaban J connectivity index is 2.07. The van der Waals surface area contributed by atoms with Gasteiger partial charge in [0.05, 0.1) is 17.4 Å². The normalized spacial score (nSPS) is 19.2. The fourth-order valence-electron chi connectivity index (χ4n) is 2.35. The van der Waals surface area contributed by atoms with Crippen LogP contribution in [0.25, 0.3) is 0 Å². The smallest absolute Gasteiger partial charge is 0.151 e. The number of hydrogen-bond donors (Lipinski definition) is 1. The molecule has 0 spiro atoms. The molecule has 102 valence electrons. The molecule has 0 radical (unpaired) electrons. The maximum atomic E-state index is 8.82. The van der Waals surface area contributed by atoms with Gasteiger partial charge in [0.25, 0.3) is 0 Å². The van der Waals surface area contributed by atoms with Gasteiger partial charge >= 0.3 is 0 Å². The van der Waals surface area contributed by atoms with Gasteiger partial charge in [-0.15, -0.1) is 0 Å². The van der Waals surface area contributed by atoms with E-state index in [1.807, 2.05) is 6.07 Å². The summed E-state index contributed by atoms with van der Waals surface area (Å²) in [6, 6.07) is 3.73. The second-order valence-electron chi connectivity index (χ2n) is 4.83. The first-order chi connectivity index (χ1) is 9.24. The second kappa shape index (κ2) is 6.39. The number of piperidine rings is 1. The van der Waals surface area contributed by atoms with E-state index in [1.54, 1.807) is 12.3 Å². The molecule has 2 rings (SSSR count). The van der Waals surface area contributed by atoms with Gasteiger partial charge in [0.1, 0.15) is 6.07 Å². The fraction of sp³-hybridized carbons (Fsp3) is 0.571. The van der Waals surface area contributed by atoms with Crippen LogP contribution in [0.15, 0.2) is 12.3 Å². The number of nitrogen functional groups attached to an aromatic ring is 1. The van der Waals surface area contributed by atoms with Crippen molar-refractivity contribution >= 4 is 11.5 Å². The fourth-order valence-corrected chi connectivity index (χ4v) is 2.35. The summed E-state index contributed by atoms with van der Waals surface area (Å²) in [7, 11) is 0. The van der Waals surface area contributed by atoms with Gasteiger partial charge in [-0.25, -0.2) is 4.98 Å². The topological polar surface area (TPSA) is 75.2 Å². The quantitative estimate of drug-likeness (QED) is 0.895. The van der Waals surface area contributed by atoms with Crippen LogP contribution in [0.4, 0.5) is 11.5 Å². The Morgan fingerprint density at radius 2 is 2.47 bits per heavy atom. The highest BCUT2D eigenvalue weighted by Crippen LogP contribution is 2.25. The van der Waals surface area contributed by atoms with E-state index in [4.69, 9.17) is 15.7 Å². The molecule has 1 aromatic rings. The summed E-state index contributed by atoms with van der Waals surface area (Å²) in [6.45, 7) is 4.67. The number of anilines is 2. The molecule has 0 aliphatic carbocycles. The Morgan fingerprint density at radius 1 is 1.63 bits per heavy atom. The minimum atomic E-state index is 0.255. The minimum absolute atomic E-state index is 0.255. The maximum absolute atomic E-state index is 8.82. The third-order valence-electron chi connectivity index (χ3n) is 3.26. The summed E-state index contributed by atoms with van der Waals surface area (Å²) in [5.74, 6) is 0.767. The number of aromatic nitrogens is 1. The van der Waals surface area contributed by atoms with Crippen LogP contribution in [-0.4, -0.2) is 30.8 Å². The molecule has 1 saturated heterocycles. The molecule has 2 heterocycles. The summed E-state index contributed by atoms with van der Waals surface area (Å²) in [6.07, 6.45) is 5.03. The summed E-state index contributed by atoms with van der Waals surface area (Å²) in [5.41, 5.74) is 7.04. The van der Waals surface area contributed by atoms with Crippen molar-refractivity contribution in [3.05, 3.63) is 17.8 Å². The van der Waals surface area contributed by atoms with Crippen molar-refractivity contribution in [1.29, 1.82) is 5.26 Å². The van der Waals surface area contributed by atoms with Crippen molar-refractivity contribution in [3.8, 4) is 6.07 Å². The van der Waals surface area contributed by atoms with Gasteiger partial charge in [-0.1, -0.05) is 6.92 Å². The first kappa shape index (κ1) is 13.6. The number of rotatable bonds is 4. The first-order valence-electron chi connectivity index (χ1n) is 6.76. The van der Waals surface area contributed by atoms with Crippen LogP contribution in [0, 0.1) is 11.3 Å². The van der Waals surface area contributed by atoms with Crippen LogP contribution >= 0.6 is 0 Å². The average Bonchev–Trinajstić information content (AvgIpc) is 2.45. The molecule has 0 amide bonds. The molecule has 1 atom stereocenters. The summed E-state index contributed by atoms with van der Waals surface area (Å²) in [5, 5.41) is 8.82. The van der Waals surface area contributed by atoms with Gasteiger partial charge in [-0.2, -0.15) is 5.26 Å². The Morgan fingerprint density at radius 3 is 3.16 bits per heavy atom. The van der Waals surface area contributed by atoms with Gasteiger partial charge in [0, 0.05) is 25.9 Å². The van der Waals surface area contributed by atoms with Gasteiger partial charge in [-0.3, -0.25) is 0 Å². The lowest BCUT2D eigenvalue weighted by Crippen LogP contribution is -2.40. The maximum Gasteiger partial charge on any atom is 0.151 e. The lowest BCUT2D eigenvalue weighted by molar-refractivity contribution is 0.0439. The lowest BCUT2D eigenvalue weighted by atomic mass is 10.1. The van der Waals surface area contributed by atoms with Gasteiger partial charge in [0.15, 0.2) is 5.82 Å². The molecular weight excluding hydrogens is 240 g/mol. The molecule has 1 aliphatic heterocycles. The number of hydrogen-bond acceptors (Lipinski definition) is 5. The molecule has 1 aromatic heterocycles. The molecule has 0 bridgehead atoms. The molecule has 2 N–H and O–H groups in total. The molecule has 5 heteroatoms. The standard InChI is InChI=1S/C14H20N4O/c1-2-6-19-12-4-3-5-18(10-12)14-13(16)7-11(8-15)9-17-14/h7,9,12H,2-6,10,16H2,1H3. The van der Waals surface area contributed by atoms with E-state index in [0.717, 1.165) is 44.8 Å². The van der Waals surface area contributed by atoms with E-state index < -0.39 is 0 Å². The summed E-state index contributed by atoms with van der Waals surface area (Å²) >= 11 is 0. The van der Waals surface area contributed by atoms with Crippen LogP contribution < -0.4 is 10.6 Å². The van der Waals surface area contributed by atoms with E-state index >= 15 is 0 Å². The van der Waals surface area contributed by atoms with Crippen molar-refractivity contribution in [2.45, 2.75) is 32.3 Å². The highest BCUT2D eigenvalue weighted by molar-refractivity contribution is 5.64. The van der Waals surface area contributed by atoms with Gasteiger partial charge < -0.3 is 15.4 Å². The van der Waals surface area contributed by atoms with Crippen molar-refractivity contribution in [2.75, 3.05) is 30.3 Å². The SMILES string of the molecule is CCCOC1CCCN(c2ncc(C#N)cc2N)C1. The van der Waals surface area contributed by atoms with E-state index in [1.165, 1.54) is 0 Å². The number of nitriles is 1. The van der Waals surface area contributed by atoms with Gasteiger partial charge in [-0.05, 0) is 25.3 Å². The Bertz CT molecular complexity index is 469. The van der Waals surface area contributed by atoms with E-state index in [9.17, 15) is 0 Å². The van der Waals surface area contributed by atoms with E-state index in [0.29, 0.717) is 11.3 Å². The van der Waals surface area contributed by atoms with E-state index in [-0.39, 0.29) is 6.10 Å². The van der Waals surface area contributed by atoms with Crippen LogP contribution in [0.1, 0.15) is 31.7 Å². The molecule has 19 heavy (non-hydrogen) atoms. The predicted octanol–water partition coefficient (Wildman–Crippen LogP) is 1.93. The monoisotopic (exact) mass is 260 g/mol. The van der Waals surface area contributed by atoms with Crippen LogP contribution in [0.2, 0.25) is 0 Å². The zero-order chi connectivity index (χ0) is 13.7. The molecule has 5 nitrogen and oxygen atoms in total. The Kier molecular flexibility index (Phi) is 4.58. The van der Waals surface area contributed by atoms with Crippen molar-refractivity contribution in [2.24, 2.45) is 0 Å². The third-order valence-corrected chi connectivity index (χ3v) is 3.26. The first-order valence-corrected chi connectivity index (χ1v) is 6.76. The van der Waals surface area contributed by atoms with Crippen LogP contribution in [0.3, 0.4) is 0 Å². The van der Waals surface area contributed by atoms with Crippen molar-refractivity contribution < 1.29 is 4.74 Å². The van der Waals surface area contributed by atoms with E-state index in [2.05, 4.69) is 16.8 Å². The zero-order valence-corrected chi connectivity index (χ0v) is 11.3. The largest absolute Gasteiger partial charge is 0.396 e. The molecule has 0 aromatic carbocycles. The van der Waals surface area contributed by atoms with Crippen LogP contribution in [-0.2, 0) is 4.74 Å². The number of nitrogens with two attached hydrogens (primary N) is 1. The minimum Gasteiger partial charge on any atom is -0.396 e. The Hall–Kier alpha value is -1.80. The highest BCUT2D eigenvalue weighted by atomic mass is 16.5.